The van der Waals surface area contributed by atoms with E-state index in [1.807, 2.05) is 0 Å². The van der Waals surface area contributed by atoms with Crippen LogP contribution in [0, 0.1) is 0 Å². The number of fused-ring (bicyclic) bond motifs is 10. The normalized spacial score (nSPS) is 12.5. The molecule has 0 saturated carbocycles. The molecule has 10 aromatic carbocycles. The fraction of sp³-hybridized carbons (Fsp3) is 0.133. The van der Waals surface area contributed by atoms with Crippen LogP contribution >= 0.6 is 0 Å². The number of para-hydroxylation sites is 4. The van der Waals surface area contributed by atoms with E-state index in [1.165, 1.54) is 32.7 Å². The standard InChI is InChI=1S/C60H48N2O2/c1-59(2,3)37-31-47-53-49(33-37)57-56(46-30-28-44(36-52(46)63-57)62(41-23-15-9-16-24-41)42-25-17-10-18-26-42)48-32-38(60(4,5)6)34-50(54(48)53)58-55(47)45-29-27-43(35-51(45)64-58)61(39-19-11-7-12-20-39)40-21-13-8-14-22-40/h7-36H,1-6H3. The molecule has 4 nitrogen and oxygen atoms in total. The zero-order valence-corrected chi connectivity index (χ0v) is 37.0. The molecule has 12 aromatic rings. The minimum absolute atomic E-state index is 0.133. The van der Waals surface area contributed by atoms with Crippen LogP contribution in [0.1, 0.15) is 52.7 Å². The lowest BCUT2D eigenvalue weighted by Crippen LogP contribution is -2.12. The van der Waals surface area contributed by atoms with Gasteiger partial charge in [-0.15, -0.1) is 0 Å². The molecule has 0 radical (unpaired) electrons. The summed E-state index contributed by atoms with van der Waals surface area (Å²) >= 11 is 0. The first-order chi connectivity index (χ1) is 31.0. The van der Waals surface area contributed by atoms with Crippen LogP contribution in [-0.2, 0) is 10.8 Å². The summed E-state index contributed by atoms with van der Waals surface area (Å²) in [7, 11) is 0. The molecular weight excluding hydrogens is 781 g/mol. The highest BCUT2D eigenvalue weighted by atomic mass is 16.3. The van der Waals surface area contributed by atoms with Crippen LogP contribution in [0.2, 0.25) is 0 Å². The van der Waals surface area contributed by atoms with Gasteiger partial charge in [0.25, 0.3) is 0 Å². The highest BCUT2D eigenvalue weighted by Gasteiger charge is 2.29. The molecule has 2 aromatic heterocycles. The van der Waals surface area contributed by atoms with E-state index >= 15 is 0 Å². The zero-order chi connectivity index (χ0) is 43.5. The summed E-state index contributed by atoms with van der Waals surface area (Å²) in [5, 5.41) is 11.6. The third kappa shape index (κ3) is 5.89. The van der Waals surface area contributed by atoms with Gasteiger partial charge >= 0.3 is 0 Å². The Morgan fingerprint density at radius 3 is 0.922 bits per heavy atom. The van der Waals surface area contributed by atoms with Crippen molar-refractivity contribution in [3.63, 3.8) is 0 Å². The van der Waals surface area contributed by atoms with E-state index in [2.05, 4.69) is 233 Å². The first-order valence-electron chi connectivity index (χ1n) is 22.3. The van der Waals surface area contributed by atoms with E-state index in [0.29, 0.717) is 0 Å². The molecule has 0 aliphatic carbocycles. The number of benzene rings is 10. The number of anilines is 6. The van der Waals surface area contributed by atoms with Gasteiger partial charge in [0.2, 0.25) is 0 Å². The monoisotopic (exact) mass is 828 g/mol. The molecule has 310 valence electrons. The lowest BCUT2D eigenvalue weighted by atomic mass is 9.79. The Hall–Kier alpha value is -7.56. The molecule has 0 bridgehead atoms. The maximum Gasteiger partial charge on any atom is 0.143 e. The van der Waals surface area contributed by atoms with Gasteiger partial charge in [-0.05, 0) is 130 Å². The Labute approximate surface area is 372 Å². The van der Waals surface area contributed by atoms with Crippen molar-refractivity contribution in [1.29, 1.82) is 0 Å². The summed E-state index contributed by atoms with van der Waals surface area (Å²) in [4.78, 5) is 4.60. The molecule has 64 heavy (non-hydrogen) atoms. The largest absolute Gasteiger partial charge is 0.455 e. The first-order valence-corrected chi connectivity index (χ1v) is 22.3. The molecule has 0 saturated heterocycles. The van der Waals surface area contributed by atoms with Crippen molar-refractivity contribution in [2.75, 3.05) is 9.80 Å². The SMILES string of the molecule is CC(C)(C)c1cc2c3oc4cc(N(c5ccccc5)c5ccccc5)ccc4c3c3cc(C(C)(C)C)cc4c5oc6cc(N(c7ccccc7)c7ccccc7)ccc6c5c(c1)c2c43. The van der Waals surface area contributed by atoms with Crippen LogP contribution in [0.3, 0.4) is 0 Å². The van der Waals surface area contributed by atoms with Crippen LogP contribution in [0.15, 0.2) is 191 Å². The van der Waals surface area contributed by atoms with E-state index in [4.69, 9.17) is 8.83 Å². The summed E-state index contributed by atoms with van der Waals surface area (Å²) in [6, 6.07) is 65.4. The summed E-state index contributed by atoms with van der Waals surface area (Å²) in [5.41, 5.74) is 12.2. The van der Waals surface area contributed by atoms with Crippen LogP contribution in [0.4, 0.5) is 34.1 Å². The van der Waals surface area contributed by atoms with Crippen LogP contribution in [0.5, 0.6) is 0 Å². The van der Waals surface area contributed by atoms with Gasteiger partial charge in [0.15, 0.2) is 0 Å². The predicted octanol–water partition coefficient (Wildman–Crippen LogP) is 17.9. The Bertz CT molecular complexity index is 3400. The molecule has 2 heterocycles. The van der Waals surface area contributed by atoms with Crippen molar-refractivity contribution >= 4 is 110 Å². The summed E-state index contributed by atoms with van der Waals surface area (Å²) in [6.07, 6.45) is 0. The van der Waals surface area contributed by atoms with Crippen molar-refractivity contribution < 1.29 is 8.83 Å². The Morgan fingerprint density at radius 2 is 0.609 bits per heavy atom. The molecule has 0 unspecified atom stereocenters. The number of hydrogen-bond donors (Lipinski definition) is 0. The number of rotatable bonds is 6. The number of nitrogens with zero attached hydrogens (tertiary/aromatic N) is 2. The fourth-order valence-electron chi connectivity index (χ4n) is 10.0. The smallest absolute Gasteiger partial charge is 0.143 e. The van der Waals surface area contributed by atoms with Gasteiger partial charge in [0, 0.05) is 89.3 Å². The molecule has 0 fully saturated rings. The van der Waals surface area contributed by atoms with Gasteiger partial charge in [-0.3, -0.25) is 0 Å². The van der Waals surface area contributed by atoms with Crippen LogP contribution < -0.4 is 9.80 Å². The van der Waals surface area contributed by atoms with E-state index in [0.717, 1.165) is 88.8 Å². The van der Waals surface area contributed by atoms with Gasteiger partial charge in [0.05, 0.1) is 0 Å². The molecular formula is C60H48N2O2. The highest BCUT2D eigenvalue weighted by Crippen LogP contribution is 2.52. The molecule has 0 aliphatic heterocycles. The second-order valence-corrected chi connectivity index (χ2v) is 19.4. The van der Waals surface area contributed by atoms with Crippen molar-refractivity contribution in [2.45, 2.75) is 52.4 Å². The third-order valence-electron chi connectivity index (χ3n) is 13.2. The summed E-state index contributed by atoms with van der Waals surface area (Å²) < 4.78 is 14.6. The van der Waals surface area contributed by atoms with E-state index in [-0.39, 0.29) is 10.8 Å². The summed E-state index contributed by atoms with van der Waals surface area (Å²) in [6.45, 7) is 13.8. The Kier molecular flexibility index (Phi) is 8.33. The molecule has 0 aliphatic rings. The van der Waals surface area contributed by atoms with E-state index in [1.54, 1.807) is 0 Å². The summed E-state index contributed by atoms with van der Waals surface area (Å²) in [5.74, 6) is 0. The van der Waals surface area contributed by atoms with Crippen molar-refractivity contribution in [3.8, 4) is 0 Å². The number of hydrogen-bond acceptors (Lipinski definition) is 4. The second-order valence-electron chi connectivity index (χ2n) is 19.4. The average molecular weight is 829 g/mol. The second kappa shape index (κ2) is 14.0. The van der Waals surface area contributed by atoms with Gasteiger partial charge in [-0.2, -0.15) is 0 Å². The quantitative estimate of drug-likeness (QED) is 0.156. The minimum Gasteiger partial charge on any atom is -0.455 e. The van der Waals surface area contributed by atoms with Crippen molar-refractivity contribution in [1.82, 2.24) is 0 Å². The predicted molar refractivity (Wildman–Crippen MR) is 271 cm³/mol. The minimum atomic E-state index is -0.133. The Balaban J connectivity index is 1.19. The zero-order valence-electron chi connectivity index (χ0n) is 37.0. The van der Waals surface area contributed by atoms with Crippen LogP contribution in [0.25, 0.3) is 76.2 Å². The average Bonchev–Trinajstić information content (AvgIpc) is 3.89. The third-order valence-corrected chi connectivity index (χ3v) is 13.2. The molecule has 12 rings (SSSR count). The van der Waals surface area contributed by atoms with E-state index < -0.39 is 0 Å². The van der Waals surface area contributed by atoms with Gasteiger partial charge in [0.1, 0.15) is 22.3 Å². The molecule has 4 heteroatoms. The van der Waals surface area contributed by atoms with E-state index in [9.17, 15) is 0 Å². The maximum absolute atomic E-state index is 7.28. The topological polar surface area (TPSA) is 32.8 Å². The van der Waals surface area contributed by atoms with Gasteiger partial charge in [-0.1, -0.05) is 114 Å². The number of furan rings is 2. The lowest BCUT2D eigenvalue weighted by molar-refractivity contribution is 0.591. The molecule has 0 amide bonds. The highest BCUT2D eigenvalue weighted by molar-refractivity contribution is 6.43. The fourth-order valence-corrected chi connectivity index (χ4v) is 10.0. The lowest BCUT2D eigenvalue weighted by Gasteiger charge is -2.25. The molecule has 0 spiro atoms. The molecule has 0 N–H and O–H groups in total. The molecule has 0 atom stereocenters. The van der Waals surface area contributed by atoms with Crippen LogP contribution in [-0.4, -0.2) is 0 Å². The van der Waals surface area contributed by atoms with Gasteiger partial charge in [-0.25, -0.2) is 0 Å². The Morgan fingerprint density at radius 1 is 0.297 bits per heavy atom. The maximum atomic E-state index is 7.28. The van der Waals surface area contributed by atoms with Gasteiger partial charge < -0.3 is 18.6 Å². The first kappa shape index (κ1) is 38.1. The van der Waals surface area contributed by atoms with Crippen molar-refractivity contribution in [3.05, 3.63) is 193 Å². The van der Waals surface area contributed by atoms with Crippen molar-refractivity contribution in [2.24, 2.45) is 0 Å².